The minimum atomic E-state index is 0.235. The van der Waals surface area contributed by atoms with E-state index < -0.39 is 0 Å². The van der Waals surface area contributed by atoms with Gasteiger partial charge < -0.3 is 14.8 Å². The number of likely N-dealkylation sites (N-methyl/N-ethyl adjacent to an activating group) is 1. The standard InChI is InChI=1S/C17H20BrNO2/c1-19-17(12-4-6-14(20-2)7-5-12)11-13-10-15(21-3)8-9-16(13)18/h4-10,17,19H,11H2,1-3H3. The molecule has 0 fully saturated rings. The molecular formula is C17H20BrNO2. The van der Waals surface area contributed by atoms with E-state index in [1.54, 1.807) is 14.2 Å². The number of ether oxygens (including phenoxy) is 2. The van der Waals surface area contributed by atoms with Gasteiger partial charge in [0, 0.05) is 10.5 Å². The summed E-state index contributed by atoms with van der Waals surface area (Å²) in [6.45, 7) is 0. The van der Waals surface area contributed by atoms with E-state index in [1.165, 1.54) is 11.1 Å². The molecule has 0 saturated carbocycles. The van der Waals surface area contributed by atoms with Crippen molar-refractivity contribution in [1.82, 2.24) is 5.32 Å². The highest BCUT2D eigenvalue weighted by molar-refractivity contribution is 9.10. The van der Waals surface area contributed by atoms with Crippen molar-refractivity contribution in [2.75, 3.05) is 21.3 Å². The van der Waals surface area contributed by atoms with Gasteiger partial charge in [0.2, 0.25) is 0 Å². The van der Waals surface area contributed by atoms with Crippen molar-refractivity contribution in [1.29, 1.82) is 0 Å². The first-order valence-electron chi connectivity index (χ1n) is 6.81. The van der Waals surface area contributed by atoms with E-state index in [0.717, 1.165) is 22.4 Å². The van der Waals surface area contributed by atoms with Gasteiger partial charge in [0.05, 0.1) is 14.2 Å². The van der Waals surface area contributed by atoms with Crippen LogP contribution in [0.3, 0.4) is 0 Å². The van der Waals surface area contributed by atoms with Crippen LogP contribution in [-0.4, -0.2) is 21.3 Å². The lowest BCUT2D eigenvalue weighted by atomic mass is 9.99. The molecule has 0 radical (unpaired) electrons. The molecule has 0 bridgehead atoms. The van der Waals surface area contributed by atoms with E-state index in [9.17, 15) is 0 Å². The van der Waals surface area contributed by atoms with Gasteiger partial charge in [0.25, 0.3) is 0 Å². The van der Waals surface area contributed by atoms with Crippen LogP contribution in [0.5, 0.6) is 11.5 Å². The Labute approximate surface area is 134 Å². The Morgan fingerprint density at radius 2 is 1.62 bits per heavy atom. The molecule has 0 saturated heterocycles. The summed E-state index contributed by atoms with van der Waals surface area (Å²) in [5.74, 6) is 1.74. The van der Waals surface area contributed by atoms with Gasteiger partial charge >= 0.3 is 0 Å². The summed E-state index contributed by atoms with van der Waals surface area (Å²) in [6.07, 6.45) is 0.876. The fourth-order valence-electron chi connectivity index (χ4n) is 2.28. The van der Waals surface area contributed by atoms with Gasteiger partial charge in [-0.05, 0) is 54.9 Å². The number of benzene rings is 2. The lowest BCUT2D eigenvalue weighted by molar-refractivity contribution is 0.413. The van der Waals surface area contributed by atoms with Crippen LogP contribution < -0.4 is 14.8 Å². The van der Waals surface area contributed by atoms with E-state index in [0.29, 0.717) is 0 Å². The minimum absolute atomic E-state index is 0.235. The summed E-state index contributed by atoms with van der Waals surface area (Å²) in [7, 11) is 5.34. The summed E-state index contributed by atoms with van der Waals surface area (Å²) >= 11 is 3.61. The second-order valence-corrected chi connectivity index (χ2v) is 5.63. The van der Waals surface area contributed by atoms with Crippen LogP contribution in [0, 0.1) is 0 Å². The molecule has 0 aliphatic heterocycles. The molecule has 1 unspecified atom stereocenters. The molecule has 2 aromatic carbocycles. The quantitative estimate of drug-likeness (QED) is 0.855. The molecule has 2 rings (SSSR count). The van der Waals surface area contributed by atoms with Gasteiger partial charge in [-0.1, -0.05) is 28.1 Å². The maximum absolute atomic E-state index is 5.30. The van der Waals surface area contributed by atoms with Gasteiger partial charge in [0.1, 0.15) is 11.5 Å². The van der Waals surface area contributed by atoms with E-state index in [2.05, 4.69) is 39.4 Å². The third-order valence-electron chi connectivity index (χ3n) is 3.54. The van der Waals surface area contributed by atoms with Crippen LogP contribution >= 0.6 is 15.9 Å². The van der Waals surface area contributed by atoms with Crippen molar-refractivity contribution in [2.24, 2.45) is 0 Å². The Balaban J connectivity index is 2.21. The Kier molecular flexibility index (Phi) is 5.65. The van der Waals surface area contributed by atoms with Gasteiger partial charge in [-0.15, -0.1) is 0 Å². The molecule has 4 heteroatoms. The predicted octanol–water partition coefficient (Wildman–Crippen LogP) is 3.97. The lowest BCUT2D eigenvalue weighted by Gasteiger charge is -2.18. The molecule has 112 valence electrons. The molecule has 0 heterocycles. The molecule has 0 amide bonds. The summed E-state index contributed by atoms with van der Waals surface area (Å²) in [5, 5.41) is 3.37. The molecule has 3 nitrogen and oxygen atoms in total. The zero-order chi connectivity index (χ0) is 15.2. The molecule has 0 aliphatic rings. The van der Waals surface area contributed by atoms with Crippen molar-refractivity contribution in [3.05, 3.63) is 58.1 Å². The Bertz CT molecular complexity index is 584. The maximum atomic E-state index is 5.30. The average molecular weight is 350 g/mol. The highest BCUT2D eigenvalue weighted by Crippen LogP contribution is 2.28. The summed E-state index contributed by atoms with van der Waals surface area (Å²) < 4.78 is 11.6. The molecule has 2 aromatic rings. The average Bonchev–Trinajstić information content (AvgIpc) is 2.54. The largest absolute Gasteiger partial charge is 0.497 e. The second kappa shape index (κ2) is 7.48. The predicted molar refractivity (Wildman–Crippen MR) is 89.2 cm³/mol. The normalized spacial score (nSPS) is 12.0. The monoisotopic (exact) mass is 349 g/mol. The summed E-state index contributed by atoms with van der Waals surface area (Å²) in [5.41, 5.74) is 2.44. The van der Waals surface area contributed by atoms with Crippen LogP contribution in [0.4, 0.5) is 0 Å². The Morgan fingerprint density at radius 3 is 2.19 bits per heavy atom. The van der Waals surface area contributed by atoms with E-state index >= 15 is 0 Å². The summed E-state index contributed by atoms with van der Waals surface area (Å²) in [4.78, 5) is 0. The summed E-state index contributed by atoms with van der Waals surface area (Å²) in [6, 6.07) is 14.4. The Hall–Kier alpha value is -1.52. The first-order valence-corrected chi connectivity index (χ1v) is 7.61. The number of hydrogen-bond donors (Lipinski definition) is 1. The first-order chi connectivity index (χ1) is 10.2. The topological polar surface area (TPSA) is 30.5 Å². The number of halogens is 1. The van der Waals surface area contributed by atoms with Gasteiger partial charge in [-0.25, -0.2) is 0 Å². The molecule has 0 aromatic heterocycles. The molecule has 0 spiro atoms. The zero-order valence-electron chi connectivity index (χ0n) is 12.5. The van der Waals surface area contributed by atoms with Gasteiger partial charge in [-0.2, -0.15) is 0 Å². The third kappa shape index (κ3) is 3.99. The molecule has 21 heavy (non-hydrogen) atoms. The minimum Gasteiger partial charge on any atom is -0.497 e. The van der Waals surface area contributed by atoms with E-state index in [1.807, 2.05) is 31.3 Å². The highest BCUT2D eigenvalue weighted by Gasteiger charge is 2.13. The maximum Gasteiger partial charge on any atom is 0.119 e. The van der Waals surface area contributed by atoms with Crippen molar-refractivity contribution < 1.29 is 9.47 Å². The third-order valence-corrected chi connectivity index (χ3v) is 4.32. The van der Waals surface area contributed by atoms with Crippen LogP contribution in [-0.2, 0) is 6.42 Å². The van der Waals surface area contributed by atoms with Gasteiger partial charge in [0.15, 0.2) is 0 Å². The zero-order valence-corrected chi connectivity index (χ0v) is 14.1. The fraction of sp³-hybridized carbons (Fsp3) is 0.294. The number of methoxy groups -OCH3 is 2. The van der Waals surface area contributed by atoms with Crippen LogP contribution in [0.15, 0.2) is 46.9 Å². The number of hydrogen-bond acceptors (Lipinski definition) is 3. The van der Waals surface area contributed by atoms with Crippen LogP contribution in [0.1, 0.15) is 17.2 Å². The number of rotatable bonds is 6. The number of nitrogens with one attached hydrogen (secondary N) is 1. The smallest absolute Gasteiger partial charge is 0.119 e. The molecule has 1 N–H and O–H groups in total. The SMILES string of the molecule is CNC(Cc1cc(OC)ccc1Br)c1ccc(OC)cc1. The van der Waals surface area contributed by atoms with E-state index in [4.69, 9.17) is 9.47 Å². The molecule has 0 aliphatic carbocycles. The highest BCUT2D eigenvalue weighted by atomic mass is 79.9. The molecule has 1 atom stereocenters. The van der Waals surface area contributed by atoms with Crippen molar-refractivity contribution >= 4 is 15.9 Å². The fourth-order valence-corrected chi connectivity index (χ4v) is 2.69. The van der Waals surface area contributed by atoms with Crippen molar-refractivity contribution in [3.63, 3.8) is 0 Å². The Morgan fingerprint density at radius 1 is 1.00 bits per heavy atom. The second-order valence-electron chi connectivity index (χ2n) is 4.78. The van der Waals surface area contributed by atoms with Gasteiger partial charge in [-0.3, -0.25) is 0 Å². The van der Waals surface area contributed by atoms with Crippen molar-refractivity contribution in [3.8, 4) is 11.5 Å². The van der Waals surface area contributed by atoms with Crippen LogP contribution in [0.25, 0.3) is 0 Å². The molecular weight excluding hydrogens is 330 g/mol. The van der Waals surface area contributed by atoms with Crippen molar-refractivity contribution in [2.45, 2.75) is 12.5 Å². The van der Waals surface area contributed by atoms with Crippen LogP contribution in [0.2, 0.25) is 0 Å². The first kappa shape index (κ1) is 15.9. The lowest BCUT2D eigenvalue weighted by Crippen LogP contribution is -2.19. The van der Waals surface area contributed by atoms with E-state index in [-0.39, 0.29) is 6.04 Å².